The molecule has 0 unspecified atom stereocenters. The summed E-state index contributed by atoms with van der Waals surface area (Å²) >= 11 is 0. The lowest BCUT2D eigenvalue weighted by Crippen LogP contribution is -2.68. The van der Waals surface area contributed by atoms with E-state index >= 15 is 0 Å². The third-order valence-corrected chi connectivity index (χ3v) is 4.01. The predicted octanol–water partition coefficient (Wildman–Crippen LogP) is -0.249. The van der Waals surface area contributed by atoms with E-state index in [2.05, 4.69) is 10.3 Å². The second-order valence-electron chi connectivity index (χ2n) is 5.00. The number of fused-ring (bicyclic) bond motifs is 3. The topological polar surface area (TPSA) is 94.2 Å². The summed E-state index contributed by atoms with van der Waals surface area (Å²) in [7, 11) is 0. The first-order valence-electron chi connectivity index (χ1n) is 5.93. The summed E-state index contributed by atoms with van der Waals surface area (Å²) in [5.41, 5.74) is -0.111. The van der Waals surface area contributed by atoms with Crippen LogP contribution < -0.4 is 11.1 Å². The number of imide groups is 1. The van der Waals surface area contributed by atoms with Crippen molar-refractivity contribution in [2.75, 3.05) is 0 Å². The zero-order valence-electron chi connectivity index (χ0n) is 9.75. The van der Waals surface area contributed by atoms with Crippen molar-refractivity contribution in [3.63, 3.8) is 0 Å². The summed E-state index contributed by atoms with van der Waals surface area (Å²) in [6.07, 6.45) is 3.68. The number of carbonyl (C=O) groups is 2. The standard InChI is InChI=1S/C12H9N3O4/c16-9-6-3-12(4-6,10(17)14-9)15-7-1-2-13-5-8(7)19-11(15)18/h1-2,5-6H,3-4H2,(H,14,16,17). The van der Waals surface area contributed by atoms with E-state index in [1.807, 2.05) is 0 Å². The Bertz CT molecular complexity index is 782. The Kier molecular flexibility index (Phi) is 1.72. The highest BCUT2D eigenvalue weighted by Crippen LogP contribution is 2.47. The highest BCUT2D eigenvalue weighted by atomic mass is 16.4. The molecule has 2 aromatic heterocycles. The van der Waals surface area contributed by atoms with Gasteiger partial charge in [-0.05, 0) is 18.9 Å². The number of hydrogen-bond donors (Lipinski definition) is 1. The van der Waals surface area contributed by atoms with E-state index in [-0.39, 0.29) is 11.8 Å². The first-order chi connectivity index (χ1) is 9.12. The van der Waals surface area contributed by atoms with Crippen LogP contribution in [-0.2, 0) is 15.1 Å². The molecule has 0 spiro atoms. The van der Waals surface area contributed by atoms with Crippen LogP contribution in [0, 0.1) is 5.92 Å². The molecule has 3 aliphatic rings. The minimum Gasteiger partial charge on any atom is -0.406 e. The van der Waals surface area contributed by atoms with Gasteiger partial charge in [0.25, 0.3) is 5.91 Å². The van der Waals surface area contributed by atoms with Gasteiger partial charge in [0.15, 0.2) is 5.58 Å². The zero-order chi connectivity index (χ0) is 13.2. The number of piperidine rings is 2. The molecule has 1 saturated carbocycles. The van der Waals surface area contributed by atoms with Crippen LogP contribution >= 0.6 is 0 Å². The average molecular weight is 259 g/mol. The maximum Gasteiger partial charge on any atom is 0.420 e. The molecule has 1 aliphatic carbocycles. The van der Waals surface area contributed by atoms with E-state index in [0.29, 0.717) is 23.9 Å². The fraction of sp³-hybridized carbons (Fsp3) is 0.333. The summed E-state index contributed by atoms with van der Waals surface area (Å²) in [5.74, 6) is -1.47. The lowest BCUT2D eigenvalue weighted by molar-refractivity contribution is -0.156. The minimum absolute atomic E-state index is 0.198. The van der Waals surface area contributed by atoms with Gasteiger partial charge in [0, 0.05) is 12.1 Å². The first kappa shape index (κ1) is 10.5. The number of oxazole rings is 1. The summed E-state index contributed by atoms with van der Waals surface area (Å²) in [6, 6.07) is 1.63. The second-order valence-corrected chi connectivity index (χ2v) is 5.00. The van der Waals surface area contributed by atoms with Gasteiger partial charge >= 0.3 is 5.76 Å². The molecule has 3 fully saturated rings. The van der Waals surface area contributed by atoms with Gasteiger partial charge in [-0.2, -0.15) is 0 Å². The van der Waals surface area contributed by atoms with Crippen LogP contribution in [0.15, 0.2) is 27.7 Å². The Balaban J connectivity index is 1.97. The van der Waals surface area contributed by atoms with Gasteiger partial charge in [-0.1, -0.05) is 0 Å². The fourth-order valence-electron chi connectivity index (χ4n) is 3.02. The number of aromatic nitrogens is 2. The van der Waals surface area contributed by atoms with Crippen LogP contribution in [-0.4, -0.2) is 21.4 Å². The average Bonchev–Trinajstić information content (AvgIpc) is 2.64. The zero-order valence-corrected chi connectivity index (χ0v) is 9.75. The molecule has 96 valence electrons. The number of pyridine rings is 1. The van der Waals surface area contributed by atoms with Crippen LogP contribution in [0.5, 0.6) is 0 Å². The van der Waals surface area contributed by atoms with Crippen molar-refractivity contribution in [3.8, 4) is 0 Å². The number of carbonyl (C=O) groups excluding carboxylic acids is 2. The summed E-state index contributed by atoms with van der Waals surface area (Å²) in [5, 5.41) is 2.30. The quantitative estimate of drug-likeness (QED) is 0.713. The smallest absolute Gasteiger partial charge is 0.406 e. The SMILES string of the molecule is O=C1NC(=O)C2(n3c(=O)oc4cnccc43)CC1C2. The second kappa shape index (κ2) is 3.11. The molecule has 4 heterocycles. The molecule has 2 aromatic rings. The summed E-state index contributed by atoms with van der Waals surface area (Å²) < 4.78 is 6.45. The molecule has 2 saturated heterocycles. The van der Waals surface area contributed by atoms with Crippen molar-refractivity contribution in [1.29, 1.82) is 0 Å². The van der Waals surface area contributed by atoms with E-state index in [4.69, 9.17) is 4.42 Å². The van der Waals surface area contributed by atoms with Gasteiger partial charge < -0.3 is 4.42 Å². The number of hydrogen-bond acceptors (Lipinski definition) is 5. The molecule has 2 aliphatic heterocycles. The molecule has 2 bridgehead atoms. The van der Waals surface area contributed by atoms with Crippen molar-refractivity contribution < 1.29 is 14.0 Å². The molecule has 7 heteroatoms. The highest BCUT2D eigenvalue weighted by molar-refractivity contribution is 6.06. The van der Waals surface area contributed by atoms with Gasteiger partial charge in [0.2, 0.25) is 5.91 Å². The molecule has 2 amide bonds. The maximum atomic E-state index is 12.1. The van der Waals surface area contributed by atoms with Gasteiger partial charge in [-0.3, -0.25) is 24.5 Å². The van der Waals surface area contributed by atoms with E-state index in [1.165, 1.54) is 17.0 Å². The molecule has 0 atom stereocenters. The van der Waals surface area contributed by atoms with E-state index in [9.17, 15) is 14.4 Å². The van der Waals surface area contributed by atoms with Crippen LogP contribution in [0.1, 0.15) is 12.8 Å². The Labute approximate surface area is 106 Å². The monoisotopic (exact) mass is 259 g/mol. The maximum absolute atomic E-state index is 12.1. The molecule has 5 rings (SSSR count). The molecule has 19 heavy (non-hydrogen) atoms. The van der Waals surface area contributed by atoms with Crippen LogP contribution in [0.2, 0.25) is 0 Å². The Hall–Kier alpha value is -2.44. The van der Waals surface area contributed by atoms with Crippen molar-refractivity contribution >= 4 is 22.9 Å². The van der Waals surface area contributed by atoms with Crippen molar-refractivity contribution in [1.82, 2.24) is 14.9 Å². The van der Waals surface area contributed by atoms with Crippen LogP contribution in [0.25, 0.3) is 11.1 Å². The molecule has 1 N–H and O–H groups in total. The number of rotatable bonds is 1. The van der Waals surface area contributed by atoms with Gasteiger partial charge in [-0.25, -0.2) is 4.79 Å². The third-order valence-electron chi connectivity index (χ3n) is 4.01. The normalized spacial score (nSPS) is 29.2. The Morgan fingerprint density at radius 2 is 2.16 bits per heavy atom. The molecule has 0 radical (unpaired) electrons. The lowest BCUT2D eigenvalue weighted by Gasteiger charge is -2.49. The van der Waals surface area contributed by atoms with Gasteiger partial charge in [-0.15, -0.1) is 0 Å². The molecule has 0 aromatic carbocycles. The first-order valence-corrected chi connectivity index (χ1v) is 5.93. The Morgan fingerprint density at radius 1 is 1.37 bits per heavy atom. The lowest BCUT2D eigenvalue weighted by atomic mass is 9.64. The largest absolute Gasteiger partial charge is 0.420 e. The Morgan fingerprint density at radius 3 is 2.89 bits per heavy atom. The summed E-state index contributed by atoms with van der Waals surface area (Å²) in [4.78, 5) is 39.4. The summed E-state index contributed by atoms with van der Waals surface area (Å²) in [6.45, 7) is 0. The highest BCUT2D eigenvalue weighted by Gasteiger charge is 2.60. The van der Waals surface area contributed by atoms with E-state index < -0.39 is 17.2 Å². The molecule has 7 nitrogen and oxygen atoms in total. The third kappa shape index (κ3) is 1.12. The minimum atomic E-state index is -0.984. The molecular weight excluding hydrogens is 250 g/mol. The van der Waals surface area contributed by atoms with Crippen molar-refractivity contribution in [3.05, 3.63) is 29.0 Å². The van der Waals surface area contributed by atoms with Crippen molar-refractivity contribution in [2.24, 2.45) is 5.92 Å². The predicted molar refractivity (Wildman–Crippen MR) is 62.1 cm³/mol. The van der Waals surface area contributed by atoms with E-state index in [0.717, 1.165) is 0 Å². The van der Waals surface area contributed by atoms with Gasteiger partial charge in [0.1, 0.15) is 5.54 Å². The molecular formula is C12H9N3O4. The van der Waals surface area contributed by atoms with Crippen LogP contribution in [0.3, 0.4) is 0 Å². The number of amides is 2. The van der Waals surface area contributed by atoms with Crippen molar-refractivity contribution in [2.45, 2.75) is 18.4 Å². The number of nitrogens with one attached hydrogen (secondary N) is 1. The number of nitrogens with zero attached hydrogens (tertiary/aromatic N) is 2. The van der Waals surface area contributed by atoms with Crippen LogP contribution in [0.4, 0.5) is 0 Å². The van der Waals surface area contributed by atoms with E-state index in [1.54, 1.807) is 6.07 Å². The fourth-order valence-corrected chi connectivity index (χ4v) is 3.02. The van der Waals surface area contributed by atoms with Gasteiger partial charge in [0.05, 0.1) is 11.7 Å².